The molecule has 5 nitrogen and oxygen atoms in total. The zero-order valence-corrected chi connectivity index (χ0v) is 12.1. The van der Waals surface area contributed by atoms with Gasteiger partial charge in [-0.2, -0.15) is 0 Å². The minimum Gasteiger partial charge on any atom is -0.456 e. The molecule has 0 aromatic rings. The highest BCUT2D eigenvalue weighted by molar-refractivity contribution is 5.69. The Kier molecular flexibility index (Phi) is 6.90. The number of esters is 1. The number of carbonyl (C=O) groups excluding carboxylic acids is 2. The van der Waals surface area contributed by atoms with Crippen LogP contribution in [0.2, 0.25) is 0 Å². The Hall–Kier alpha value is -1.78. The lowest BCUT2D eigenvalue weighted by Gasteiger charge is -2.28. The van der Waals surface area contributed by atoms with Gasteiger partial charge in [-0.3, -0.25) is 4.79 Å². The Morgan fingerprint density at radius 3 is 2.26 bits per heavy atom. The molecule has 0 aliphatic heterocycles. The summed E-state index contributed by atoms with van der Waals surface area (Å²) in [6.07, 6.45) is 2.01. The van der Waals surface area contributed by atoms with E-state index < -0.39 is 23.8 Å². The molecule has 0 heterocycles. The van der Waals surface area contributed by atoms with E-state index in [1.165, 1.54) is 17.9 Å². The van der Waals surface area contributed by atoms with Gasteiger partial charge in [0.1, 0.15) is 11.7 Å². The van der Waals surface area contributed by atoms with Crippen molar-refractivity contribution < 1.29 is 19.1 Å². The van der Waals surface area contributed by atoms with Crippen LogP contribution in [-0.4, -0.2) is 41.8 Å². The van der Waals surface area contributed by atoms with E-state index in [-0.39, 0.29) is 6.54 Å². The molecule has 1 amide bonds. The average Bonchev–Trinajstić information content (AvgIpc) is 2.24. The van der Waals surface area contributed by atoms with Gasteiger partial charge in [-0.1, -0.05) is 12.7 Å². The topological polar surface area (TPSA) is 55.8 Å². The zero-order chi connectivity index (χ0) is 15.1. The molecular weight excluding hydrogens is 246 g/mol. The monoisotopic (exact) mass is 269 g/mol. The van der Waals surface area contributed by atoms with Crippen molar-refractivity contribution in [3.05, 3.63) is 25.3 Å². The van der Waals surface area contributed by atoms with Crippen LogP contribution in [0, 0.1) is 0 Å². The van der Waals surface area contributed by atoms with E-state index in [0.717, 1.165) is 0 Å². The SMILES string of the molecule is C=CCN(CC(C=C)OC(C)=O)C(=O)OC(C)(C)C. The van der Waals surface area contributed by atoms with E-state index in [1.807, 2.05) is 0 Å². The van der Waals surface area contributed by atoms with E-state index in [4.69, 9.17) is 9.47 Å². The van der Waals surface area contributed by atoms with Crippen molar-refractivity contribution in [2.75, 3.05) is 13.1 Å². The lowest BCUT2D eigenvalue weighted by molar-refractivity contribution is -0.144. The first-order valence-corrected chi connectivity index (χ1v) is 6.08. The standard InChI is InChI=1S/C14H23NO4/c1-7-9-15(13(17)19-14(4,5)6)10-12(8-2)18-11(3)16/h7-8,12H,1-2,9-10H2,3-6H3. The minimum absolute atomic E-state index is 0.185. The predicted molar refractivity (Wildman–Crippen MR) is 73.8 cm³/mol. The largest absolute Gasteiger partial charge is 0.456 e. The van der Waals surface area contributed by atoms with Crippen molar-refractivity contribution in [1.82, 2.24) is 4.90 Å². The van der Waals surface area contributed by atoms with Gasteiger partial charge in [-0.25, -0.2) is 4.79 Å². The van der Waals surface area contributed by atoms with Crippen molar-refractivity contribution in [2.24, 2.45) is 0 Å². The van der Waals surface area contributed by atoms with E-state index >= 15 is 0 Å². The molecule has 0 aromatic carbocycles. The summed E-state index contributed by atoms with van der Waals surface area (Å²) in [7, 11) is 0. The average molecular weight is 269 g/mol. The second kappa shape index (κ2) is 7.61. The first-order valence-electron chi connectivity index (χ1n) is 6.08. The minimum atomic E-state index is -0.582. The third-order valence-electron chi connectivity index (χ3n) is 1.98. The summed E-state index contributed by atoms with van der Waals surface area (Å²) in [5, 5.41) is 0. The van der Waals surface area contributed by atoms with Crippen LogP contribution in [0.3, 0.4) is 0 Å². The van der Waals surface area contributed by atoms with Gasteiger partial charge < -0.3 is 14.4 Å². The van der Waals surface area contributed by atoms with Crippen LogP contribution in [0.5, 0.6) is 0 Å². The van der Waals surface area contributed by atoms with Crippen LogP contribution in [0.4, 0.5) is 4.79 Å². The Morgan fingerprint density at radius 1 is 1.32 bits per heavy atom. The summed E-state index contributed by atoms with van der Waals surface area (Å²) in [6, 6.07) is 0. The fraction of sp³-hybridized carbons (Fsp3) is 0.571. The highest BCUT2D eigenvalue weighted by atomic mass is 16.6. The lowest BCUT2D eigenvalue weighted by Crippen LogP contribution is -2.41. The van der Waals surface area contributed by atoms with E-state index in [1.54, 1.807) is 26.8 Å². The van der Waals surface area contributed by atoms with Gasteiger partial charge in [0.05, 0.1) is 6.54 Å². The summed E-state index contributed by atoms with van der Waals surface area (Å²) < 4.78 is 10.3. The highest BCUT2D eigenvalue weighted by Crippen LogP contribution is 2.11. The van der Waals surface area contributed by atoms with Crippen LogP contribution in [0.25, 0.3) is 0 Å². The van der Waals surface area contributed by atoms with E-state index in [9.17, 15) is 9.59 Å². The van der Waals surface area contributed by atoms with Gasteiger partial charge in [-0.05, 0) is 26.8 Å². The van der Waals surface area contributed by atoms with Crippen molar-refractivity contribution >= 4 is 12.1 Å². The predicted octanol–water partition coefficient (Wildman–Crippen LogP) is 2.53. The molecule has 0 N–H and O–H groups in total. The molecule has 0 radical (unpaired) electrons. The Bertz CT molecular complexity index is 344. The number of nitrogens with zero attached hydrogens (tertiary/aromatic N) is 1. The van der Waals surface area contributed by atoms with Gasteiger partial charge >= 0.3 is 12.1 Å². The maximum Gasteiger partial charge on any atom is 0.410 e. The fourth-order valence-corrected chi connectivity index (χ4v) is 1.30. The van der Waals surface area contributed by atoms with Crippen molar-refractivity contribution in [3.63, 3.8) is 0 Å². The van der Waals surface area contributed by atoms with Crippen molar-refractivity contribution in [2.45, 2.75) is 39.4 Å². The van der Waals surface area contributed by atoms with E-state index in [2.05, 4.69) is 13.2 Å². The molecule has 1 unspecified atom stereocenters. The number of carbonyl (C=O) groups is 2. The summed E-state index contributed by atoms with van der Waals surface area (Å²) in [6.45, 7) is 14.3. The maximum atomic E-state index is 12.0. The van der Waals surface area contributed by atoms with Crippen LogP contribution < -0.4 is 0 Å². The van der Waals surface area contributed by atoms with Crippen molar-refractivity contribution in [3.8, 4) is 0 Å². The third-order valence-corrected chi connectivity index (χ3v) is 1.98. The second-order valence-corrected chi connectivity index (χ2v) is 5.06. The number of amides is 1. The maximum absolute atomic E-state index is 12.0. The molecule has 0 saturated carbocycles. The van der Waals surface area contributed by atoms with Gasteiger partial charge in [0, 0.05) is 13.5 Å². The molecule has 5 heteroatoms. The van der Waals surface area contributed by atoms with Crippen molar-refractivity contribution in [1.29, 1.82) is 0 Å². The summed E-state index contributed by atoms with van der Waals surface area (Å²) in [5.74, 6) is -0.423. The lowest BCUT2D eigenvalue weighted by atomic mass is 10.2. The molecular formula is C14H23NO4. The Balaban J connectivity index is 4.70. The number of hydrogen-bond donors (Lipinski definition) is 0. The van der Waals surface area contributed by atoms with Crippen LogP contribution in [-0.2, 0) is 14.3 Å². The number of ether oxygens (including phenoxy) is 2. The smallest absolute Gasteiger partial charge is 0.410 e. The third kappa shape index (κ3) is 8.02. The molecule has 0 aliphatic rings. The second-order valence-electron chi connectivity index (χ2n) is 5.06. The van der Waals surface area contributed by atoms with Crippen LogP contribution >= 0.6 is 0 Å². The molecule has 0 fully saturated rings. The number of rotatable bonds is 6. The van der Waals surface area contributed by atoms with Gasteiger partial charge in [-0.15, -0.1) is 6.58 Å². The van der Waals surface area contributed by atoms with Crippen LogP contribution in [0.15, 0.2) is 25.3 Å². The molecule has 0 aromatic heterocycles. The zero-order valence-electron chi connectivity index (χ0n) is 12.1. The number of hydrogen-bond acceptors (Lipinski definition) is 4. The molecule has 0 saturated heterocycles. The molecule has 0 bridgehead atoms. The molecule has 1 atom stereocenters. The van der Waals surface area contributed by atoms with E-state index in [0.29, 0.717) is 6.54 Å². The first-order chi connectivity index (χ1) is 8.69. The Morgan fingerprint density at radius 2 is 1.89 bits per heavy atom. The molecule has 0 rings (SSSR count). The quantitative estimate of drug-likeness (QED) is 0.549. The molecule has 0 aliphatic carbocycles. The Labute approximate surface area is 114 Å². The molecule has 0 spiro atoms. The van der Waals surface area contributed by atoms with Gasteiger partial charge in [0.2, 0.25) is 0 Å². The summed E-state index contributed by atoms with van der Waals surface area (Å²) >= 11 is 0. The van der Waals surface area contributed by atoms with Gasteiger partial charge in [0.25, 0.3) is 0 Å². The summed E-state index contributed by atoms with van der Waals surface area (Å²) in [4.78, 5) is 24.3. The van der Waals surface area contributed by atoms with Gasteiger partial charge in [0.15, 0.2) is 0 Å². The van der Waals surface area contributed by atoms with Crippen LogP contribution in [0.1, 0.15) is 27.7 Å². The normalized spacial score (nSPS) is 12.2. The summed E-state index contributed by atoms with van der Waals surface area (Å²) in [5.41, 5.74) is -0.582. The fourth-order valence-electron chi connectivity index (χ4n) is 1.30. The molecule has 19 heavy (non-hydrogen) atoms. The highest BCUT2D eigenvalue weighted by Gasteiger charge is 2.23. The molecule has 108 valence electrons. The first kappa shape index (κ1) is 17.2.